The van der Waals surface area contributed by atoms with E-state index in [2.05, 4.69) is 15.2 Å². The Balaban J connectivity index is 1.61. The molecular formula is C18H26N6O2. The largest absolute Gasteiger partial charge is 0.340 e. The van der Waals surface area contributed by atoms with E-state index in [1.807, 2.05) is 0 Å². The Labute approximate surface area is 153 Å². The SMILES string of the molecule is CN(CCCc1[nH]nc2c1CCCC2)C(=O)c1c(N(C)C=O)ncn1C. The minimum Gasteiger partial charge on any atom is -0.340 e. The number of imidazole rings is 1. The fraction of sp³-hybridized carbons (Fsp3) is 0.556. The van der Waals surface area contributed by atoms with E-state index < -0.39 is 0 Å². The summed E-state index contributed by atoms with van der Waals surface area (Å²) in [5, 5.41) is 7.60. The quantitative estimate of drug-likeness (QED) is 0.756. The molecule has 0 atom stereocenters. The number of H-pyrrole nitrogens is 1. The van der Waals surface area contributed by atoms with Crippen molar-refractivity contribution in [3.8, 4) is 0 Å². The van der Waals surface area contributed by atoms with Gasteiger partial charge in [-0.15, -0.1) is 0 Å². The summed E-state index contributed by atoms with van der Waals surface area (Å²) in [4.78, 5) is 31.0. The summed E-state index contributed by atoms with van der Waals surface area (Å²) in [6.07, 6.45) is 8.56. The number of anilines is 1. The fourth-order valence-corrected chi connectivity index (χ4v) is 3.49. The normalized spacial score (nSPS) is 13.3. The van der Waals surface area contributed by atoms with Crippen LogP contribution in [0.5, 0.6) is 0 Å². The van der Waals surface area contributed by atoms with Gasteiger partial charge in [-0.25, -0.2) is 4.98 Å². The highest BCUT2D eigenvalue weighted by Gasteiger charge is 2.23. The summed E-state index contributed by atoms with van der Waals surface area (Å²) >= 11 is 0. The maximum atomic E-state index is 12.8. The molecule has 0 saturated carbocycles. The first-order valence-electron chi connectivity index (χ1n) is 9.02. The Kier molecular flexibility index (Phi) is 5.39. The van der Waals surface area contributed by atoms with E-state index >= 15 is 0 Å². The Bertz CT molecular complexity index is 794. The highest BCUT2D eigenvalue weighted by molar-refractivity contribution is 5.99. The molecule has 0 bridgehead atoms. The van der Waals surface area contributed by atoms with E-state index in [1.165, 1.54) is 34.7 Å². The van der Waals surface area contributed by atoms with Crippen LogP contribution in [0.1, 0.15) is 46.7 Å². The molecule has 2 aromatic heterocycles. The van der Waals surface area contributed by atoms with E-state index in [4.69, 9.17) is 0 Å². The lowest BCUT2D eigenvalue weighted by Crippen LogP contribution is -2.31. The molecule has 8 nitrogen and oxygen atoms in total. The van der Waals surface area contributed by atoms with Gasteiger partial charge in [0.2, 0.25) is 6.41 Å². The Hall–Kier alpha value is -2.64. The number of carbonyl (C=O) groups excluding carboxylic acids is 2. The monoisotopic (exact) mass is 358 g/mol. The molecule has 0 spiro atoms. The fourth-order valence-electron chi connectivity index (χ4n) is 3.49. The second kappa shape index (κ2) is 7.72. The number of hydrogen-bond acceptors (Lipinski definition) is 4. The number of nitrogens with one attached hydrogen (secondary N) is 1. The minimum absolute atomic E-state index is 0.139. The van der Waals surface area contributed by atoms with Gasteiger partial charge in [0.25, 0.3) is 5.91 Å². The second-order valence-electron chi connectivity index (χ2n) is 6.91. The van der Waals surface area contributed by atoms with Gasteiger partial charge in [-0.2, -0.15) is 5.10 Å². The summed E-state index contributed by atoms with van der Waals surface area (Å²) < 4.78 is 1.65. The average Bonchev–Trinajstić information content (AvgIpc) is 3.24. The molecule has 2 amide bonds. The van der Waals surface area contributed by atoms with Crippen LogP contribution in [0.4, 0.5) is 5.82 Å². The molecule has 140 valence electrons. The number of aryl methyl sites for hydroxylation is 3. The van der Waals surface area contributed by atoms with Crippen molar-refractivity contribution in [2.24, 2.45) is 7.05 Å². The molecule has 8 heteroatoms. The van der Waals surface area contributed by atoms with E-state index in [0.29, 0.717) is 24.5 Å². The molecule has 2 aromatic rings. The molecule has 3 rings (SSSR count). The zero-order valence-corrected chi connectivity index (χ0v) is 15.7. The molecule has 1 aliphatic carbocycles. The van der Waals surface area contributed by atoms with Crippen LogP contribution >= 0.6 is 0 Å². The van der Waals surface area contributed by atoms with Crippen molar-refractivity contribution >= 4 is 18.1 Å². The third kappa shape index (κ3) is 3.49. The van der Waals surface area contributed by atoms with Gasteiger partial charge >= 0.3 is 0 Å². The van der Waals surface area contributed by atoms with Crippen molar-refractivity contribution in [2.75, 3.05) is 25.5 Å². The molecule has 0 saturated heterocycles. The summed E-state index contributed by atoms with van der Waals surface area (Å²) in [7, 11) is 5.13. The molecular weight excluding hydrogens is 332 g/mol. The lowest BCUT2D eigenvalue weighted by molar-refractivity contribution is -0.107. The summed E-state index contributed by atoms with van der Waals surface area (Å²) in [6, 6.07) is 0. The van der Waals surface area contributed by atoms with Crippen molar-refractivity contribution < 1.29 is 9.59 Å². The van der Waals surface area contributed by atoms with Gasteiger partial charge in [0, 0.05) is 33.4 Å². The van der Waals surface area contributed by atoms with Crippen LogP contribution in [0.2, 0.25) is 0 Å². The molecule has 0 unspecified atom stereocenters. The van der Waals surface area contributed by atoms with Gasteiger partial charge in [0.1, 0.15) is 0 Å². The van der Waals surface area contributed by atoms with Gasteiger partial charge in [0.15, 0.2) is 11.5 Å². The van der Waals surface area contributed by atoms with E-state index in [0.717, 1.165) is 25.7 Å². The predicted molar refractivity (Wildman–Crippen MR) is 98.2 cm³/mol. The van der Waals surface area contributed by atoms with Crippen LogP contribution in [0.3, 0.4) is 0 Å². The van der Waals surface area contributed by atoms with Crippen molar-refractivity contribution in [3.63, 3.8) is 0 Å². The van der Waals surface area contributed by atoms with Crippen LogP contribution in [-0.2, 0) is 31.1 Å². The number of aromatic nitrogens is 4. The minimum atomic E-state index is -0.139. The summed E-state index contributed by atoms with van der Waals surface area (Å²) in [5.74, 6) is 0.238. The Morgan fingerprint density at radius 1 is 1.35 bits per heavy atom. The zero-order valence-electron chi connectivity index (χ0n) is 15.7. The summed E-state index contributed by atoms with van der Waals surface area (Å²) in [6.45, 7) is 0.627. The van der Waals surface area contributed by atoms with Crippen LogP contribution in [-0.4, -0.2) is 57.6 Å². The number of amides is 2. The molecule has 1 N–H and O–H groups in total. The van der Waals surface area contributed by atoms with Gasteiger partial charge < -0.3 is 14.4 Å². The Morgan fingerprint density at radius 2 is 2.12 bits per heavy atom. The average molecular weight is 358 g/mol. The number of fused-ring (bicyclic) bond motifs is 1. The number of rotatable bonds is 7. The topological polar surface area (TPSA) is 87.1 Å². The first kappa shape index (κ1) is 18.2. The lowest BCUT2D eigenvalue weighted by Gasteiger charge is -2.19. The van der Waals surface area contributed by atoms with Crippen LogP contribution in [0.25, 0.3) is 0 Å². The van der Waals surface area contributed by atoms with Crippen molar-refractivity contribution in [2.45, 2.75) is 38.5 Å². The van der Waals surface area contributed by atoms with Crippen molar-refractivity contribution in [3.05, 3.63) is 29.0 Å². The number of aromatic amines is 1. The van der Waals surface area contributed by atoms with Gasteiger partial charge in [-0.05, 0) is 44.1 Å². The molecule has 26 heavy (non-hydrogen) atoms. The zero-order chi connectivity index (χ0) is 18.7. The maximum Gasteiger partial charge on any atom is 0.274 e. The number of carbonyl (C=O) groups is 2. The number of hydrogen-bond donors (Lipinski definition) is 1. The molecule has 2 heterocycles. The standard InChI is InChI=1S/C18H26N6O2/c1-22(18(26)16-17(24(3)12-25)19-11-23(16)2)10-6-9-15-13-7-4-5-8-14(13)20-21-15/h11-12H,4-10H2,1-3H3,(H,20,21). The molecule has 0 fully saturated rings. The third-order valence-electron chi connectivity index (χ3n) is 5.01. The first-order valence-corrected chi connectivity index (χ1v) is 9.02. The smallest absolute Gasteiger partial charge is 0.274 e. The van der Waals surface area contributed by atoms with Crippen molar-refractivity contribution in [1.82, 2.24) is 24.6 Å². The molecule has 0 radical (unpaired) electrons. The number of nitrogens with zero attached hydrogens (tertiary/aromatic N) is 5. The van der Waals surface area contributed by atoms with Gasteiger partial charge in [0.05, 0.1) is 12.0 Å². The van der Waals surface area contributed by atoms with Gasteiger partial charge in [-0.1, -0.05) is 0 Å². The molecule has 0 aromatic carbocycles. The summed E-state index contributed by atoms with van der Waals surface area (Å²) in [5.41, 5.74) is 4.22. The highest BCUT2D eigenvalue weighted by atomic mass is 16.2. The van der Waals surface area contributed by atoms with Crippen LogP contribution in [0, 0.1) is 0 Å². The van der Waals surface area contributed by atoms with E-state index in [-0.39, 0.29) is 5.91 Å². The Morgan fingerprint density at radius 3 is 2.88 bits per heavy atom. The maximum absolute atomic E-state index is 12.8. The lowest BCUT2D eigenvalue weighted by atomic mass is 9.95. The molecule has 1 aliphatic rings. The second-order valence-corrected chi connectivity index (χ2v) is 6.91. The van der Waals surface area contributed by atoms with Crippen LogP contribution < -0.4 is 4.90 Å². The predicted octanol–water partition coefficient (Wildman–Crippen LogP) is 1.32. The van der Waals surface area contributed by atoms with Crippen LogP contribution in [0.15, 0.2) is 6.33 Å². The third-order valence-corrected chi connectivity index (χ3v) is 5.01. The van der Waals surface area contributed by atoms with Gasteiger partial charge in [-0.3, -0.25) is 14.7 Å². The van der Waals surface area contributed by atoms with E-state index in [1.54, 1.807) is 36.9 Å². The molecule has 0 aliphatic heterocycles. The highest BCUT2D eigenvalue weighted by Crippen LogP contribution is 2.23. The van der Waals surface area contributed by atoms with E-state index in [9.17, 15) is 9.59 Å². The first-order chi connectivity index (χ1) is 12.5. The van der Waals surface area contributed by atoms with Crippen molar-refractivity contribution in [1.29, 1.82) is 0 Å².